The van der Waals surface area contributed by atoms with Crippen LogP contribution < -0.4 is 5.32 Å². The Balaban J connectivity index is 1.83. The fourth-order valence-corrected chi connectivity index (χ4v) is 2.45. The largest absolute Gasteiger partial charge is 0.366 e. The van der Waals surface area contributed by atoms with Gasteiger partial charge in [-0.25, -0.2) is 14.4 Å². The van der Waals surface area contributed by atoms with Gasteiger partial charge in [0.1, 0.15) is 16.8 Å². The fourth-order valence-electron chi connectivity index (χ4n) is 2.06. The van der Waals surface area contributed by atoms with Crippen LogP contribution in [0.3, 0.4) is 0 Å². The van der Waals surface area contributed by atoms with E-state index in [0.717, 1.165) is 5.56 Å². The smallest absolute Gasteiger partial charge is 0.163 e. The summed E-state index contributed by atoms with van der Waals surface area (Å²) in [6.07, 6.45) is 0. The molecule has 0 spiro atoms. The standard InChI is InChI=1S/C17H12Cl2FN3/c18-14-4-2-1-3-12(14)10-21-16-9-15(19)22-17(23-16)11-5-7-13(20)8-6-11/h1-9H,10H2,(H,21,22,23). The number of anilines is 1. The summed E-state index contributed by atoms with van der Waals surface area (Å²) >= 11 is 12.2. The lowest BCUT2D eigenvalue weighted by Crippen LogP contribution is -2.03. The average Bonchev–Trinajstić information content (AvgIpc) is 2.54. The Morgan fingerprint density at radius 2 is 1.70 bits per heavy atom. The van der Waals surface area contributed by atoms with E-state index in [0.29, 0.717) is 33.9 Å². The van der Waals surface area contributed by atoms with Gasteiger partial charge in [-0.05, 0) is 35.9 Å². The van der Waals surface area contributed by atoms with Gasteiger partial charge in [-0.15, -0.1) is 0 Å². The maximum Gasteiger partial charge on any atom is 0.163 e. The Bertz CT molecular complexity index is 822. The first kappa shape index (κ1) is 15.7. The number of nitrogens with one attached hydrogen (secondary N) is 1. The molecule has 1 aromatic heterocycles. The molecule has 0 aliphatic heterocycles. The number of rotatable bonds is 4. The second kappa shape index (κ2) is 6.94. The van der Waals surface area contributed by atoms with Gasteiger partial charge in [-0.2, -0.15) is 0 Å². The summed E-state index contributed by atoms with van der Waals surface area (Å²) in [5.74, 6) is 0.691. The van der Waals surface area contributed by atoms with Crippen molar-refractivity contribution in [3.63, 3.8) is 0 Å². The summed E-state index contributed by atoms with van der Waals surface area (Å²) in [6, 6.07) is 15.1. The molecule has 1 heterocycles. The zero-order valence-corrected chi connectivity index (χ0v) is 13.4. The van der Waals surface area contributed by atoms with E-state index >= 15 is 0 Å². The Hall–Kier alpha value is -2.17. The minimum atomic E-state index is -0.312. The van der Waals surface area contributed by atoms with E-state index in [1.807, 2.05) is 24.3 Å². The number of halogens is 3. The third kappa shape index (κ3) is 3.97. The zero-order valence-electron chi connectivity index (χ0n) is 11.9. The Morgan fingerprint density at radius 3 is 2.43 bits per heavy atom. The molecule has 0 bridgehead atoms. The van der Waals surface area contributed by atoms with Crippen LogP contribution in [0.1, 0.15) is 5.56 Å². The third-order valence-corrected chi connectivity index (χ3v) is 3.78. The highest BCUT2D eigenvalue weighted by molar-refractivity contribution is 6.31. The van der Waals surface area contributed by atoms with Crippen molar-refractivity contribution in [2.24, 2.45) is 0 Å². The Morgan fingerprint density at radius 1 is 0.957 bits per heavy atom. The van der Waals surface area contributed by atoms with Crippen molar-refractivity contribution in [3.05, 3.63) is 76.2 Å². The van der Waals surface area contributed by atoms with E-state index in [-0.39, 0.29) is 5.82 Å². The van der Waals surface area contributed by atoms with E-state index in [4.69, 9.17) is 23.2 Å². The third-order valence-electron chi connectivity index (χ3n) is 3.22. The summed E-state index contributed by atoms with van der Waals surface area (Å²) in [5, 5.41) is 4.16. The number of nitrogens with zero attached hydrogens (tertiary/aromatic N) is 2. The monoisotopic (exact) mass is 347 g/mol. The molecule has 6 heteroatoms. The van der Waals surface area contributed by atoms with Gasteiger partial charge in [0.25, 0.3) is 0 Å². The summed E-state index contributed by atoms with van der Waals surface area (Å²) in [5.41, 5.74) is 1.64. The van der Waals surface area contributed by atoms with Gasteiger partial charge in [-0.1, -0.05) is 41.4 Å². The van der Waals surface area contributed by atoms with Crippen LogP contribution in [0, 0.1) is 5.82 Å². The molecule has 3 nitrogen and oxygen atoms in total. The molecule has 23 heavy (non-hydrogen) atoms. The lowest BCUT2D eigenvalue weighted by Gasteiger charge is -2.09. The molecule has 0 saturated heterocycles. The highest BCUT2D eigenvalue weighted by atomic mass is 35.5. The molecule has 0 saturated carbocycles. The molecule has 0 unspecified atom stereocenters. The van der Waals surface area contributed by atoms with Gasteiger partial charge in [0.2, 0.25) is 0 Å². The number of hydrogen-bond acceptors (Lipinski definition) is 3. The Kier molecular flexibility index (Phi) is 4.74. The number of benzene rings is 2. The van der Waals surface area contributed by atoms with Gasteiger partial charge in [0.15, 0.2) is 5.82 Å². The minimum absolute atomic E-state index is 0.306. The first-order valence-electron chi connectivity index (χ1n) is 6.89. The van der Waals surface area contributed by atoms with Crippen LogP contribution in [0.25, 0.3) is 11.4 Å². The van der Waals surface area contributed by atoms with Crippen LogP contribution in [-0.2, 0) is 6.54 Å². The van der Waals surface area contributed by atoms with E-state index in [2.05, 4.69) is 15.3 Å². The molecule has 116 valence electrons. The highest BCUT2D eigenvalue weighted by Crippen LogP contribution is 2.22. The molecular formula is C17H12Cl2FN3. The summed E-state index contributed by atoms with van der Waals surface area (Å²) in [7, 11) is 0. The molecule has 0 fully saturated rings. The molecule has 0 aliphatic rings. The molecule has 0 amide bonds. The lowest BCUT2D eigenvalue weighted by atomic mass is 10.2. The predicted molar refractivity (Wildman–Crippen MR) is 91.2 cm³/mol. The normalized spacial score (nSPS) is 10.6. The highest BCUT2D eigenvalue weighted by Gasteiger charge is 2.07. The molecule has 0 aliphatic carbocycles. The van der Waals surface area contributed by atoms with Crippen LogP contribution in [0.15, 0.2) is 54.6 Å². The van der Waals surface area contributed by atoms with Crippen LogP contribution in [0.5, 0.6) is 0 Å². The van der Waals surface area contributed by atoms with Gasteiger partial charge in [0.05, 0.1) is 0 Å². The van der Waals surface area contributed by atoms with Gasteiger partial charge >= 0.3 is 0 Å². The second-order valence-corrected chi connectivity index (χ2v) is 5.65. The van der Waals surface area contributed by atoms with Gasteiger partial charge in [-0.3, -0.25) is 0 Å². The molecule has 3 aromatic rings. The van der Waals surface area contributed by atoms with Gasteiger partial charge < -0.3 is 5.32 Å². The van der Waals surface area contributed by atoms with Crippen molar-refractivity contribution in [3.8, 4) is 11.4 Å². The minimum Gasteiger partial charge on any atom is -0.366 e. The summed E-state index contributed by atoms with van der Waals surface area (Å²) in [6.45, 7) is 0.510. The van der Waals surface area contributed by atoms with Crippen LogP contribution in [0.2, 0.25) is 10.2 Å². The van der Waals surface area contributed by atoms with Crippen molar-refractivity contribution >= 4 is 29.0 Å². The fraction of sp³-hybridized carbons (Fsp3) is 0.0588. The average molecular weight is 348 g/mol. The van der Waals surface area contributed by atoms with E-state index in [1.54, 1.807) is 18.2 Å². The van der Waals surface area contributed by atoms with Crippen molar-refractivity contribution in [2.45, 2.75) is 6.54 Å². The molecule has 3 rings (SSSR count). The lowest BCUT2D eigenvalue weighted by molar-refractivity contribution is 0.628. The zero-order chi connectivity index (χ0) is 16.2. The van der Waals surface area contributed by atoms with Gasteiger partial charge in [0, 0.05) is 23.2 Å². The van der Waals surface area contributed by atoms with E-state index in [9.17, 15) is 4.39 Å². The number of hydrogen-bond donors (Lipinski definition) is 1. The van der Waals surface area contributed by atoms with Crippen molar-refractivity contribution in [2.75, 3.05) is 5.32 Å². The first-order chi connectivity index (χ1) is 11.1. The van der Waals surface area contributed by atoms with Crippen molar-refractivity contribution in [1.82, 2.24) is 9.97 Å². The van der Waals surface area contributed by atoms with Crippen LogP contribution in [0.4, 0.5) is 10.2 Å². The quantitative estimate of drug-likeness (QED) is 0.659. The molecule has 0 radical (unpaired) electrons. The first-order valence-corrected chi connectivity index (χ1v) is 7.65. The van der Waals surface area contributed by atoms with Crippen molar-refractivity contribution < 1.29 is 4.39 Å². The van der Waals surface area contributed by atoms with Crippen LogP contribution in [-0.4, -0.2) is 9.97 Å². The summed E-state index contributed by atoms with van der Waals surface area (Å²) in [4.78, 5) is 8.58. The topological polar surface area (TPSA) is 37.8 Å². The van der Waals surface area contributed by atoms with E-state index in [1.165, 1.54) is 12.1 Å². The van der Waals surface area contributed by atoms with Crippen molar-refractivity contribution in [1.29, 1.82) is 0 Å². The van der Waals surface area contributed by atoms with Crippen LogP contribution >= 0.6 is 23.2 Å². The maximum atomic E-state index is 13.0. The van der Waals surface area contributed by atoms with E-state index < -0.39 is 0 Å². The molecule has 0 atom stereocenters. The predicted octanol–water partition coefficient (Wildman–Crippen LogP) is 5.20. The summed E-state index contributed by atoms with van der Waals surface area (Å²) < 4.78 is 13.0. The second-order valence-electron chi connectivity index (χ2n) is 4.85. The Labute approximate surface area is 143 Å². The number of aromatic nitrogens is 2. The SMILES string of the molecule is Fc1ccc(-c2nc(Cl)cc(NCc3ccccc3Cl)n2)cc1. The molecule has 2 aromatic carbocycles. The maximum absolute atomic E-state index is 13.0. The molecular weight excluding hydrogens is 336 g/mol. The molecule has 1 N–H and O–H groups in total.